The Morgan fingerprint density at radius 3 is 1.95 bits per heavy atom. The van der Waals surface area contributed by atoms with Crippen molar-refractivity contribution in [1.82, 2.24) is 5.32 Å². The number of hydrogen-bond donors (Lipinski definition) is 14. The third kappa shape index (κ3) is 9.82. The molecule has 14 N–H and O–H groups in total. The van der Waals surface area contributed by atoms with Crippen LogP contribution < -0.4 is 5.32 Å². The van der Waals surface area contributed by atoms with Gasteiger partial charge in [0.05, 0.1) is 38.1 Å². The molecular formula is C32H53NO23. The lowest BCUT2D eigenvalue weighted by Gasteiger charge is -2.51. The quantitative estimate of drug-likeness (QED) is 0.0729. The number of aliphatic hydroxyl groups is 12. The fraction of sp³-hybridized carbons (Fsp3) is 0.906. The highest BCUT2D eigenvalue weighted by atomic mass is 16.8. The molecule has 0 saturated carbocycles. The molecule has 24 heteroatoms. The summed E-state index contributed by atoms with van der Waals surface area (Å²) in [5.74, 6) is -7.72. The number of rotatable bonds is 15. The van der Waals surface area contributed by atoms with Gasteiger partial charge in [0.15, 0.2) is 18.9 Å². The predicted octanol–water partition coefficient (Wildman–Crippen LogP) is -8.14. The van der Waals surface area contributed by atoms with Gasteiger partial charge in [0.1, 0.15) is 85.1 Å². The predicted molar refractivity (Wildman–Crippen MR) is 174 cm³/mol. The molecule has 4 aliphatic rings. The average Bonchev–Trinajstić information content (AvgIpc) is 3.14. The minimum atomic E-state index is -3.08. The van der Waals surface area contributed by atoms with Crippen LogP contribution in [-0.4, -0.2) is 226 Å². The van der Waals surface area contributed by atoms with Crippen molar-refractivity contribution in [2.75, 3.05) is 19.8 Å². The molecule has 4 fully saturated rings. The second-order valence-electron chi connectivity index (χ2n) is 14.4. The van der Waals surface area contributed by atoms with E-state index in [9.17, 15) is 80.8 Å². The summed E-state index contributed by atoms with van der Waals surface area (Å²) >= 11 is 0. The van der Waals surface area contributed by atoms with Gasteiger partial charge in [-0.3, -0.25) is 4.79 Å². The Bertz CT molecular complexity index is 1330. The molecule has 24 nitrogen and oxygen atoms in total. The number of amides is 1. The van der Waals surface area contributed by atoms with Crippen molar-refractivity contribution >= 4 is 17.7 Å². The van der Waals surface area contributed by atoms with E-state index >= 15 is 0 Å². The summed E-state index contributed by atoms with van der Waals surface area (Å²) in [7, 11) is 0. The smallest absolute Gasteiger partial charge is 0.364 e. The maximum Gasteiger partial charge on any atom is 0.364 e. The van der Waals surface area contributed by atoms with Crippen LogP contribution in [0.4, 0.5) is 0 Å². The topological polar surface area (TPSA) is 391 Å². The van der Waals surface area contributed by atoms with Crippen molar-refractivity contribution in [1.29, 1.82) is 0 Å². The first-order valence-corrected chi connectivity index (χ1v) is 17.8. The van der Waals surface area contributed by atoms with Gasteiger partial charge >= 0.3 is 5.97 Å². The van der Waals surface area contributed by atoms with Crippen LogP contribution in [0.3, 0.4) is 0 Å². The van der Waals surface area contributed by atoms with Crippen LogP contribution in [0.1, 0.15) is 33.6 Å². The standard InChI is InChI=1S/C32H53NO23/c1-9(37)4-12-13(39)5-32(31(48)49,55-24(12)19(42)14(40)6-34)56-27-20(43)15(7-35)52-30(23(27)46)53-25-16(8-36)51-28(47)17(33-11(3)38)26(25)54-29-22(45)21(44)18(41)10(2)50-29/h10,12-30,34-36,39-47H,4-8H2,1-3H3,(H,33,38)(H,48,49)/t10?,12?,13?,14-,15?,16?,17?,18?,19-,20?,21?,22?,23?,24?,25?,26?,27?,28?,29?,30?,32?/m1/s1. The van der Waals surface area contributed by atoms with E-state index in [0.717, 1.165) is 13.8 Å². The lowest BCUT2D eigenvalue weighted by Crippen LogP contribution is -2.70. The van der Waals surface area contributed by atoms with Gasteiger partial charge in [0.2, 0.25) is 5.91 Å². The van der Waals surface area contributed by atoms with Crippen molar-refractivity contribution in [2.24, 2.45) is 5.92 Å². The van der Waals surface area contributed by atoms with Crippen LogP contribution in [0.2, 0.25) is 0 Å². The summed E-state index contributed by atoms with van der Waals surface area (Å²) in [6.07, 6.45) is -35.1. The molecule has 4 aliphatic heterocycles. The number of carboxylic acid groups (broad SMARTS) is 1. The summed E-state index contributed by atoms with van der Waals surface area (Å²) < 4.78 is 39.8. The molecule has 0 aromatic rings. The summed E-state index contributed by atoms with van der Waals surface area (Å²) in [4.78, 5) is 37.1. The number of carbonyl (C=O) groups is 3. The Morgan fingerprint density at radius 1 is 0.786 bits per heavy atom. The van der Waals surface area contributed by atoms with Gasteiger partial charge in [-0.15, -0.1) is 0 Å². The molecule has 21 atom stereocenters. The van der Waals surface area contributed by atoms with Crippen LogP contribution in [0.15, 0.2) is 0 Å². The fourth-order valence-electron chi connectivity index (χ4n) is 7.24. The van der Waals surface area contributed by atoms with E-state index in [4.69, 9.17) is 33.2 Å². The maximum absolute atomic E-state index is 12.9. The fourth-order valence-corrected chi connectivity index (χ4v) is 7.24. The van der Waals surface area contributed by atoms with Crippen LogP contribution >= 0.6 is 0 Å². The lowest BCUT2D eigenvalue weighted by atomic mass is 9.80. The van der Waals surface area contributed by atoms with Crippen LogP contribution in [-0.2, 0) is 47.5 Å². The number of nitrogens with one attached hydrogen (secondary N) is 1. The number of carboxylic acids is 1. The Hall–Kier alpha value is -2.15. The molecule has 1 amide bonds. The molecule has 0 radical (unpaired) electrons. The molecular weight excluding hydrogens is 766 g/mol. The van der Waals surface area contributed by atoms with Gasteiger partial charge in [-0.1, -0.05) is 0 Å². The SMILES string of the molecule is CC(=O)CC1C(O)CC(OC2C(O)C(CO)OC(OC3C(CO)OC(O)C(NC(C)=O)C3OC3OC(C)C(O)C(O)C3O)C2O)(C(=O)O)OC1[C@H](O)[C@H](O)CO. The maximum atomic E-state index is 12.9. The minimum absolute atomic E-state index is 0.490. The molecule has 4 heterocycles. The van der Waals surface area contributed by atoms with E-state index in [2.05, 4.69) is 5.32 Å². The summed E-state index contributed by atoms with van der Waals surface area (Å²) in [5, 5.41) is 140. The number of ketones is 1. The van der Waals surface area contributed by atoms with Gasteiger partial charge in [-0.05, 0) is 13.8 Å². The zero-order valence-corrected chi connectivity index (χ0v) is 30.5. The highest BCUT2D eigenvalue weighted by molar-refractivity contribution is 5.77. The molecule has 324 valence electrons. The number of hydrogen-bond acceptors (Lipinski definition) is 22. The van der Waals surface area contributed by atoms with Crippen molar-refractivity contribution in [3.8, 4) is 0 Å². The average molecular weight is 820 g/mol. The Kier molecular flexibility index (Phi) is 16.0. The summed E-state index contributed by atoms with van der Waals surface area (Å²) in [5.41, 5.74) is 0. The van der Waals surface area contributed by atoms with Crippen LogP contribution in [0.5, 0.6) is 0 Å². The van der Waals surface area contributed by atoms with E-state index in [0.29, 0.717) is 0 Å². The van der Waals surface area contributed by atoms with Gasteiger partial charge < -0.3 is 110 Å². The zero-order chi connectivity index (χ0) is 42.0. The zero-order valence-electron chi connectivity index (χ0n) is 30.5. The van der Waals surface area contributed by atoms with E-state index in [1.807, 2.05) is 0 Å². The lowest BCUT2D eigenvalue weighted by molar-refractivity contribution is -0.391. The van der Waals surface area contributed by atoms with E-state index in [1.54, 1.807) is 0 Å². The van der Waals surface area contributed by atoms with Crippen LogP contribution in [0, 0.1) is 5.92 Å². The van der Waals surface area contributed by atoms with Gasteiger partial charge in [0, 0.05) is 25.7 Å². The molecule has 0 bridgehead atoms. The molecule has 4 rings (SSSR count). The molecule has 0 aromatic heterocycles. The van der Waals surface area contributed by atoms with Crippen molar-refractivity contribution < 1.29 is 114 Å². The third-order valence-corrected chi connectivity index (χ3v) is 10.2. The second kappa shape index (κ2) is 19.3. The first-order valence-electron chi connectivity index (χ1n) is 17.8. The highest BCUT2D eigenvalue weighted by Gasteiger charge is 2.60. The minimum Gasteiger partial charge on any atom is -0.477 e. The Balaban J connectivity index is 1.71. The number of aliphatic hydroxyl groups excluding tert-OH is 12. The van der Waals surface area contributed by atoms with Crippen molar-refractivity contribution in [3.05, 3.63) is 0 Å². The normalized spacial score (nSPS) is 45.8. The molecule has 0 spiro atoms. The van der Waals surface area contributed by atoms with E-state index < -0.39 is 178 Å². The van der Waals surface area contributed by atoms with Crippen molar-refractivity contribution in [3.63, 3.8) is 0 Å². The van der Waals surface area contributed by atoms with Gasteiger partial charge in [-0.25, -0.2) is 4.79 Å². The molecule has 4 saturated heterocycles. The van der Waals surface area contributed by atoms with Gasteiger partial charge in [-0.2, -0.15) is 0 Å². The van der Waals surface area contributed by atoms with E-state index in [1.165, 1.54) is 6.92 Å². The molecule has 19 unspecified atom stereocenters. The first kappa shape index (κ1) is 46.5. The van der Waals surface area contributed by atoms with E-state index in [-0.39, 0.29) is 0 Å². The second-order valence-corrected chi connectivity index (χ2v) is 14.4. The molecule has 0 aliphatic carbocycles. The first-order chi connectivity index (χ1) is 26.2. The Morgan fingerprint density at radius 2 is 1.39 bits per heavy atom. The molecule has 56 heavy (non-hydrogen) atoms. The largest absolute Gasteiger partial charge is 0.477 e. The number of Topliss-reactive ketones (excluding diaryl/α,β-unsaturated/α-hetero) is 1. The van der Waals surface area contributed by atoms with Crippen molar-refractivity contribution in [2.45, 2.75) is 156 Å². The third-order valence-electron chi connectivity index (χ3n) is 10.2. The number of aliphatic carboxylic acids is 1. The summed E-state index contributed by atoms with van der Waals surface area (Å²) in [6, 6.07) is -1.62. The van der Waals surface area contributed by atoms with Crippen LogP contribution in [0.25, 0.3) is 0 Å². The Labute approximate surface area is 318 Å². The summed E-state index contributed by atoms with van der Waals surface area (Å²) in [6.45, 7) is 0.445. The monoisotopic (exact) mass is 819 g/mol. The number of carbonyl (C=O) groups excluding carboxylic acids is 2. The molecule has 0 aromatic carbocycles. The number of ether oxygens (including phenoxy) is 7. The van der Waals surface area contributed by atoms with Gasteiger partial charge in [0.25, 0.3) is 5.79 Å². The highest BCUT2D eigenvalue weighted by Crippen LogP contribution is 2.41.